The number of hydrogen-bond acceptors (Lipinski definition) is 1. The van der Waals surface area contributed by atoms with Gasteiger partial charge in [-0.05, 0) is 128 Å². The van der Waals surface area contributed by atoms with E-state index in [0.29, 0.717) is 28.7 Å². The van der Waals surface area contributed by atoms with E-state index in [2.05, 4.69) is 53.1 Å². The number of carbonyl (C=O) groups is 1. The Labute approximate surface area is 255 Å². The normalized spacial score (nSPS) is 44.3. The van der Waals surface area contributed by atoms with E-state index in [1.807, 2.05) is 12.1 Å². The number of benzene rings is 1. The van der Waals surface area contributed by atoms with Gasteiger partial charge in [-0.1, -0.05) is 70.0 Å². The summed E-state index contributed by atoms with van der Waals surface area (Å²) in [6.07, 6.45) is 9.45. The number of allylic oxidation sites excluding steroid dienone is 1. The van der Waals surface area contributed by atoms with Crippen LogP contribution in [0.25, 0.3) is 10.9 Å². The SMILES string of the molecule is C=C(C)C1CC[C@]2(C(=O)O)CC[C@]3(C)C(CCC4[C@@]5(C)Cc6c([nH]c7cc(Cl)cc(Cl)c67)C(C)(C)C5CC[C@]43C)C12. The summed E-state index contributed by atoms with van der Waals surface area (Å²) < 4.78 is 0. The first kappa shape index (κ1) is 28.3. The van der Waals surface area contributed by atoms with Gasteiger partial charge in [0.2, 0.25) is 0 Å². The summed E-state index contributed by atoms with van der Waals surface area (Å²) in [4.78, 5) is 16.8. The number of nitrogens with one attached hydrogen (secondary N) is 1. The van der Waals surface area contributed by atoms with Gasteiger partial charge >= 0.3 is 5.97 Å². The van der Waals surface area contributed by atoms with E-state index in [4.69, 9.17) is 23.2 Å². The molecule has 1 aromatic carbocycles. The van der Waals surface area contributed by atoms with E-state index < -0.39 is 11.4 Å². The lowest BCUT2D eigenvalue weighted by atomic mass is 9.32. The van der Waals surface area contributed by atoms with Crippen LogP contribution in [0.5, 0.6) is 0 Å². The molecule has 5 unspecified atom stereocenters. The minimum Gasteiger partial charge on any atom is -0.481 e. The van der Waals surface area contributed by atoms with Crippen LogP contribution < -0.4 is 0 Å². The fraction of sp³-hybridized carbons (Fsp3) is 0.694. The van der Waals surface area contributed by atoms with Gasteiger partial charge in [0.1, 0.15) is 0 Å². The van der Waals surface area contributed by atoms with Gasteiger partial charge in [0.05, 0.1) is 10.4 Å². The molecule has 7 rings (SSSR count). The van der Waals surface area contributed by atoms with Crippen LogP contribution in [0.15, 0.2) is 24.3 Å². The van der Waals surface area contributed by atoms with Crippen molar-refractivity contribution in [2.24, 2.45) is 51.2 Å². The topological polar surface area (TPSA) is 53.1 Å². The number of aromatic amines is 1. The molecule has 5 aliphatic carbocycles. The quantitative estimate of drug-likeness (QED) is 0.339. The molecule has 2 aromatic rings. The van der Waals surface area contributed by atoms with Crippen LogP contribution in [0.2, 0.25) is 10.0 Å². The summed E-state index contributed by atoms with van der Waals surface area (Å²) in [5, 5.41) is 13.3. The Kier molecular flexibility index (Phi) is 5.93. The van der Waals surface area contributed by atoms with Crippen LogP contribution in [0.4, 0.5) is 0 Å². The van der Waals surface area contributed by atoms with Gasteiger partial charge in [-0.2, -0.15) is 0 Å². The Morgan fingerprint density at radius 2 is 1.68 bits per heavy atom. The third kappa shape index (κ3) is 3.32. The number of aromatic nitrogens is 1. The number of rotatable bonds is 2. The van der Waals surface area contributed by atoms with Crippen molar-refractivity contribution in [1.29, 1.82) is 0 Å². The largest absolute Gasteiger partial charge is 0.481 e. The Morgan fingerprint density at radius 1 is 0.951 bits per heavy atom. The van der Waals surface area contributed by atoms with Crippen LogP contribution in [-0.4, -0.2) is 16.1 Å². The maximum absolute atomic E-state index is 13.0. The van der Waals surface area contributed by atoms with Crippen molar-refractivity contribution >= 4 is 40.1 Å². The molecule has 0 radical (unpaired) electrons. The number of hydrogen-bond donors (Lipinski definition) is 2. The second-order valence-electron chi connectivity index (χ2n) is 16.3. The maximum atomic E-state index is 13.0. The predicted molar refractivity (Wildman–Crippen MR) is 169 cm³/mol. The summed E-state index contributed by atoms with van der Waals surface area (Å²) in [5.74, 6) is 1.59. The molecule has 1 aromatic heterocycles. The Bertz CT molecular complexity index is 1490. The summed E-state index contributed by atoms with van der Waals surface area (Å²) in [5.41, 5.74) is 4.87. The van der Waals surface area contributed by atoms with Crippen molar-refractivity contribution in [3.05, 3.63) is 45.6 Å². The molecule has 5 heteroatoms. The van der Waals surface area contributed by atoms with Gasteiger partial charge in [0.15, 0.2) is 0 Å². The lowest BCUT2D eigenvalue weighted by molar-refractivity contribution is -0.227. The van der Waals surface area contributed by atoms with Crippen LogP contribution in [0.1, 0.15) is 104 Å². The molecule has 0 saturated heterocycles. The molecular formula is C36H47Cl2NO2. The molecule has 1 heterocycles. The van der Waals surface area contributed by atoms with Gasteiger partial charge in [-0.15, -0.1) is 0 Å². The lowest BCUT2D eigenvalue weighted by Crippen LogP contribution is -2.66. The summed E-state index contributed by atoms with van der Waals surface area (Å²) in [7, 11) is 0. The van der Waals surface area contributed by atoms with Crippen LogP contribution >= 0.6 is 23.2 Å². The molecule has 0 spiro atoms. The number of carboxylic acid groups (broad SMARTS) is 1. The highest BCUT2D eigenvalue weighted by atomic mass is 35.5. The minimum absolute atomic E-state index is 0.00221. The van der Waals surface area contributed by atoms with Gasteiger partial charge in [0.25, 0.3) is 0 Å². The summed E-state index contributed by atoms with van der Waals surface area (Å²) in [6.45, 7) is 19.3. The molecule has 4 fully saturated rings. The molecule has 4 saturated carbocycles. The average Bonchev–Trinajstić information content (AvgIpc) is 3.44. The van der Waals surface area contributed by atoms with E-state index >= 15 is 0 Å². The first-order chi connectivity index (χ1) is 19.1. The van der Waals surface area contributed by atoms with Gasteiger partial charge < -0.3 is 10.1 Å². The first-order valence-electron chi connectivity index (χ1n) is 16.0. The van der Waals surface area contributed by atoms with Crippen LogP contribution in [0.3, 0.4) is 0 Å². The van der Waals surface area contributed by atoms with Crippen molar-refractivity contribution < 1.29 is 9.90 Å². The Hall–Kier alpha value is -1.45. The zero-order valence-corrected chi connectivity index (χ0v) is 27.2. The molecule has 5 aliphatic rings. The van der Waals surface area contributed by atoms with E-state index in [1.165, 1.54) is 36.1 Å². The van der Waals surface area contributed by atoms with E-state index in [0.717, 1.165) is 54.5 Å². The van der Waals surface area contributed by atoms with Gasteiger partial charge in [-0.3, -0.25) is 4.79 Å². The Balaban J connectivity index is 1.34. The first-order valence-corrected chi connectivity index (χ1v) is 16.8. The predicted octanol–water partition coefficient (Wildman–Crippen LogP) is 10.2. The van der Waals surface area contributed by atoms with Crippen molar-refractivity contribution in [2.45, 2.75) is 105 Å². The minimum atomic E-state index is -0.568. The molecule has 0 aliphatic heterocycles. The molecule has 2 N–H and O–H groups in total. The molecule has 9 atom stereocenters. The van der Waals surface area contributed by atoms with Crippen molar-refractivity contribution in [3.63, 3.8) is 0 Å². The fourth-order valence-electron chi connectivity index (χ4n) is 12.9. The van der Waals surface area contributed by atoms with Crippen molar-refractivity contribution in [1.82, 2.24) is 4.98 Å². The van der Waals surface area contributed by atoms with Crippen molar-refractivity contribution in [2.75, 3.05) is 0 Å². The number of fused-ring (bicyclic) bond motifs is 10. The van der Waals surface area contributed by atoms with Gasteiger partial charge in [0, 0.05) is 27.0 Å². The van der Waals surface area contributed by atoms with E-state index in [9.17, 15) is 9.90 Å². The van der Waals surface area contributed by atoms with Crippen LogP contribution in [0, 0.1) is 51.2 Å². The number of halogens is 2. The third-order valence-electron chi connectivity index (χ3n) is 14.8. The lowest BCUT2D eigenvalue weighted by Gasteiger charge is -2.72. The molecule has 0 bridgehead atoms. The van der Waals surface area contributed by atoms with Gasteiger partial charge in [-0.25, -0.2) is 0 Å². The summed E-state index contributed by atoms with van der Waals surface area (Å²) in [6, 6.07) is 3.93. The Morgan fingerprint density at radius 3 is 2.37 bits per heavy atom. The maximum Gasteiger partial charge on any atom is 0.309 e. The van der Waals surface area contributed by atoms with E-state index in [-0.39, 0.29) is 27.6 Å². The number of carboxylic acids is 1. The molecule has 0 amide bonds. The smallest absolute Gasteiger partial charge is 0.309 e. The zero-order valence-electron chi connectivity index (χ0n) is 25.7. The third-order valence-corrected chi connectivity index (χ3v) is 15.3. The monoisotopic (exact) mass is 595 g/mol. The van der Waals surface area contributed by atoms with Crippen molar-refractivity contribution in [3.8, 4) is 0 Å². The van der Waals surface area contributed by atoms with Crippen LogP contribution in [-0.2, 0) is 16.6 Å². The average molecular weight is 597 g/mol. The standard InChI is InChI=1S/C36H47Cl2NO2/c1-19(2)21-10-13-36(31(40)41)15-14-34(6)23(29(21)36)8-9-27-33(5)18-22-28-24(38)16-20(37)17-25(28)39-30(22)32(3,4)26(33)11-12-35(27,34)7/h16-17,21,23,26-27,29,39H,1,8-15,18H2,2-7H3,(H,40,41)/t21?,23?,26?,27?,29?,33-,34+,35+,36-/m0/s1. The molecular weight excluding hydrogens is 549 g/mol. The highest BCUT2D eigenvalue weighted by Gasteiger charge is 2.72. The second-order valence-corrected chi connectivity index (χ2v) is 17.2. The second kappa shape index (κ2) is 8.59. The number of H-pyrrole nitrogens is 1. The molecule has 41 heavy (non-hydrogen) atoms. The summed E-state index contributed by atoms with van der Waals surface area (Å²) >= 11 is 13.4. The number of aliphatic carboxylic acids is 1. The highest BCUT2D eigenvalue weighted by Crippen LogP contribution is 2.77. The van der Waals surface area contributed by atoms with E-state index in [1.54, 1.807) is 0 Å². The zero-order chi connectivity index (χ0) is 29.5. The molecule has 222 valence electrons. The molecule has 3 nitrogen and oxygen atoms in total. The fourth-order valence-corrected chi connectivity index (χ4v) is 13.5. The highest BCUT2D eigenvalue weighted by molar-refractivity contribution is 6.38.